The lowest BCUT2D eigenvalue weighted by Gasteiger charge is -1.99. The van der Waals surface area contributed by atoms with Crippen LogP contribution in [-0.4, -0.2) is 4.98 Å². The number of nitrogens with zero attached hydrogens (tertiary/aromatic N) is 1. The van der Waals surface area contributed by atoms with E-state index in [9.17, 15) is 13.2 Å². The molecule has 0 fully saturated rings. The SMILES string of the molecule is CCCCc1nc(C(F)(F)F)cs1. The van der Waals surface area contributed by atoms with Gasteiger partial charge in [-0.1, -0.05) is 13.3 Å². The summed E-state index contributed by atoms with van der Waals surface area (Å²) in [7, 11) is 0. The van der Waals surface area contributed by atoms with Crippen molar-refractivity contribution < 1.29 is 13.2 Å². The highest BCUT2D eigenvalue weighted by atomic mass is 32.1. The molecule has 0 amide bonds. The monoisotopic (exact) mass is 209 g/mol. The summed E-state index contributed by atoms with van der Waals surface area (Å²) in [6.45, 7) is 2.00. The molecule has 1 rings (SSSR count). The third-order valence-electron chi connectivity index (χ3n) is 1.59. The smallest absolute Gasteiger partial charge is 0.237 e. The molecule has 0 saturated carbocycles. The van der Waals surface area contributed by atoms with Crippen LogP contribution in [0.1, 0.15) is 30.5 Å². The minimum Gasteiger partial charge on any atom is -0.237 e. The molecule has 74 valence electrons. The fourth-order valence-corrected chi connectivity index (χ4v) is 1.73. The zero-order valence-corrected chi connectivity index (χ0v) is 8.00. The van der Waals surface area contributed by atoms with Crippen LogP contribution in [0.3, 0.4) is 0 Å². The Labute approximate surface area is 78.6 Å². The van der Waals surface area contributed by atoms with Gasteiger partial charge in [-0.3, -0.25) is 0 Å². The maximum atomic E-state index is 12.1. The molecule has 0 aliphatic heterocycles. The van der Waals surface area contributed by atoms with E-state index in [1.165, 1.54) is 0 Å². The van der Waals surface area contributed by atoms with Gasteiger partial charge in [-0.2, -0.15) is 13.2 Å². The molecule has 0 atom stereocenters. The molecule has 0 unspecified atom stereocenters. The van der Waals surface area contributed by atoms with Crippen molar-refractivity contribution in [2.75, 3.05) is 0 Å². The lowest BCUT2D eigenvalue weighted by Crippen LogP contribution is -2.05. The molecule has 1 nitrogen and oxygen atoms in total. The van der Waals surface area contributed by atoms with Crippen LogP contribution in [0.25, 0.3) is 0 Å². The third-order valence-corrected chi connectivity index (χ3v) is 2.49. The second-order valence-corrected chi connectivity index (χ2v) is 3.67. The van der Waals surface area contributed by atoms with E-state index in [1.54, 1.807) is 0 Å². The topological polar surface area (TPSA) is 12.9 Å². The Morgan fingerprint density at radius 1 is 1.46 bits per heavy atom. The molecule has 0 bridgehead atoms. The highest BCUT2D eigenvalue weighted by Crippen LogP contribution is 2.30. The van der Waals surface area contributed by atoms with Crippen molar-refractivity contribution in [2.45, 2.75) is 32.4 Å². The van der Waals surface area contributed by atoms with Gasteiger partial charge in [0.2, 0.25) is 0 Å². The summed E-state index contributed by atoms with van der Waals surface area (Å²) in [6.07, 6.45) is -1.77. The molecule has 0 saturated heterocycles. The quantitative estimate of drug-likeness (QED) is 0.742. The zero-order chi connectivity index (χ0) is 9.90. The first-order valence-electron chi connectivity index (χ1n) is 4.05. The van der Waals surface area contributed by atoms with E-state index in [2.05, 4.69) is 4.98 Å². The van der Waals surface area contributed by atoms with Crippen molar-refractivity contribution in [1.82, 2.24) is 4.98 Å². The first-order chi connectivity index (χ1) is 6.04. The van der Waals surface area contributed by atoms with Gasteiger partial charge in [-0.15, -0.1) is 11.3 Å². The number of rotatable bonds is 3. The predicted molar refractivity (Wildman–Crippen MR) is 45.7 cm³/mol. The third kappa shape index (κ3) is 2.99. The number of hydrogen-bond donors (Lipinski definition) is 0. The largest absolute Gasteiger partial charge is 0.434 e. The Morgan fingerprint density at radius 2 is 2.15 bits per heavy atom. The molecule has 1 aromatic heterocycles. The summed E-state index contributed by atoms with van der Waals surface area (Å²) in [5.41, 5.74) is -0.761. The van der Waals surface area contributed by atoms with Crippen molar-refractivity contribution >= 4 is 11.3 Å². The number of alkyl halides is 3. The number of halogens is 3. The zero-order valence-electron chi connectivity index (χ0n) is 7.19. The van der Waals surface area contributed by atoms with Crippen LogP contribution in [0.2, 0.25) is 0 Å². The van der Waals surface area contributed by atoms with Gasteiger partial charge in [0.05, 0.1) is 5.01 Å². The predicted octanol–water partition coefficient (Wildman–Crippen LogP) is 3.50. The van der Waals surface area contributed by atoms with Crippen LogP contribution < -0.4 is 0 Å². The molecule has 0 aliphatic carbocycles. The van der Waals surface area contributed by atoms with Crippen molar-refractivity contribution in [2.24, 2.45) is 0 Å². The fourth-order valence-electron chi connectivity index (χ4n) is 0.884. The second kappa shape index (κ2) is 4.09. The van der Waals surface area contributed by atoms with Crippen LogP contribution in [0.4, 0.5) is 13.2 Å². The average Bonchev–Trinajstić information content (AvgIpc) is 2.47. The summed E-state index contributed by atoms with van der Waals surface area (Å²) in [4.78, 5) is 3.51. The Bertz CT molecular complexity index is 267. The van der Waals surface area contributed by atoms with Crippen LogP contribution in [0.5, 0.6) is 0 Å². The normalized spacial score (nSPS) is 12.0. The van der Waals surface area contributed by atoms with Crippen LogP contribution in [0.15, 0.2) is 5.38 Å². The highest BCUT2D eigenvalue weighted by molar-refractivity contribution is 7.09. The minimum atomic E-state index is -4.29. The molecule has 0 radical (unpaired) electrons. The van der Waals surface area contributed by atoms with Gasteiger partial charge in [0.15, 0.2) is 5.69 Å². The van der Waals surface area contributed by atoms with Gasteiger partial charge >= 0.3 is 6.18 Å². The summed E-state index contributed by atoms with van der Waals surface area (Å²) in [5, 5.41) is 1.65. The number of hydrogen-bond acceptors (Lipinski definition) is 2. The maximum Gasteiger partial charge on any atom is 0.434 e. The fraction of sp³-hybridized carbons (Fsp3) is 0.625. The number of aryl methyl sites for hydroxylation is 1. The Balaban J connectivity index is 2.64. The lowest BCUT2D eigenvalue weighted by molar-refractivity contribution is -0.140. The molecule has 13 heavy (non-hydrogen) atoms. The summed E-state index contributed by atoms with van der Waals surface area (Å²) in [5.74, 6) is 0. The number of aromatic nitrogens is 1. The van der Waals surface area contributed by atoms with Gasteiger partial charge in [0.25, 0.3) is 0 Å². The molecule has 0 aromatic carbocycles. The van der Waals surface area contributed by atoms with Gasteiger partial charge in [-0.25, -0.2) is 4.98 Å². The number of thiazole rings is 1. The molecule has 5 heteroatoms. The summed E-state index contributed by atoms with van der Waals surface area (Å²) in [6, 6.07) is 0. The average molecular weight is 209 g/mol. The Hall–Kier alpha value is -0.580. The van der Waals surface area contributed by atoms with Crippen LogP contribution >= 0.6 is 11.3 Å². The molecule has 0 spiro atoms. The van der Waals surface area contributed by atoms with Crippen molar-refractivity contribution in [3.63, 3.8) is 0 Å². The van der Waals surface area contributed by atoms with Crippen LogP contribution in [0, 0.1) is 0 Å². The van der Waals surface area contributed by atoms with E-state index >= 15 is 0 Å². The second-order valence-electron chi connectivity index (χ2n) is 2.73. The lowest BCUT2D eigenvalue weighted by atomic mass is 10.3. The Kier molecular flexibility index (Phi) is 3.30. The van der Waals surface area contributed by atoms with E-state index in [4.69, 9.17) is 0 Å². The van der Waals surface area contributed by atoms with E-state index in [1.807, 2.05) is 6.92 Å². The standard InChI is InChI=1S/C8H10F3NS/c1-2-3-4-7-12-6(5-13-7)8(9,10)11/h5H,2-4H2,1H3. The minimum absolute atomic E-state index is 0.578. The van der Waals surface area contributed by atoms with E-state index < -0.39 is 11.9 Å². The van der Waals surface area contributed by atoms with E-state index in [0.29, 0.717) is 11.4 Å². The first-order valence-corrected chi connectivity index (χ1v) is 4.93. The maximum absolute atomic E-state index is 12.1. The summed E-state index contributed by atoms with van der Waals surface area (Å²) < 4.78 is 36.2. The molecular weight excluding hydrogens is 199 g/mol. The van der Waals surface area contributed by atoms with E-state index in [-0.39, 0.29) is 0 Å². The molecule has 1 aromatic rings. The van der Waals surface area contributed by atoms with Crippen molar-refractivity contribution in [3.05, 3.63) is 16.1 Å². The highest BCUT2D eigenvalue weighted by Gasteiger charge is 2.33. The van der Waals surface area contributed by atoms with Gasteiger partial charge < -0.3 is 0 Å². The van der Waals surface area contributed by atoms with Gasteiger partial charge in [0.1, 0.15) is 0 Å². The molecular formula is C8H10F3NS. The van der Waals surface area contributed by atoms with Crippen molar-refractivity contribution in [1.29, 1.82) is 0 Å². The first kappa shape index (κ1) is 10.5. The molecule has 0 N–H and O–H groups in total. The van der Waals surface area contributed by atoms with Gasteiger partial charge in [0, 0.05) is 5.38 Å². The van der Waals surface area contributed by atoms with Crippen LogP contribution in [-0.2, 0) is 12.6 Å². The van der Waals surface area contributed by atoms with E-state index in [0.717, 1.165) is 29.6 Å². The van der Waals surface area contributed by atoms with Gasteiger partial charge in [-0.05, 0) is 12.8 Å². The molecule has 0 aliphatic rings. The van der Waals surface area contributed by atoms with Crippen molar-refractivity contribution in [3.8, 4) is 0 Å². The number of unbranched alkanes of at least 4 members (excludes halogenated alkanes) is 1. The Morgan fingerprint density at radius 3 is 2.62 bits per heavy atom. The molecule has 1 heterocycles. The summed E-state index contributed by atoms with van der Waals surface area (Å²) >= 11 is 1.09.